The van der Waals surface area contributed by atoms with Gasteiger partial charge in [-0.2, -0.15) is 4.31 Å². The Morgan fingerprint density at radius 3 is 2.65 bits per heavy atom. The van der Waals surface area contributed by atoms with Crippen LogP contribution in [-0.2, 0) is 19.6 Å². The Bertz CT molecular complexity index is 660. The average Bonchev–Trinajstić information content (AvgIpc) is 2.76. The number of hydrogen-bond donors (Lipinski definition) is 2. The number of rotatable bonds is 6. The van der Waals surface area contributed by atoms with Crippen LogP contribution in [0, 0.1) is 12.3 Å². The Hall–Kier alpha value is -2.03. The topological polar surface area (TPSA) is 130 Å². The molecular weight excluding hydrogens is 308 g/mol. The first-order valence-electron chi connectivity index (χ1n) is 5.04. The maximum absolute atomic E-state index is 12.1. The molecule has 0 bridgehead atoms. The molecule has 2 N–H and O–H groups in total. The van der Waals surface area contributed by atoms with Gasteiger partial charge in [0.05, 0.1) is 6.54 Å². The van der Waals surface area contributed by atoms with Crippen LogP contribution in [0.2, 0.25) is 0 Å². The summed E-state index contributed by atoms with van der Waals surface area (Å²) in [5.41, 5.74) is 0. The Labute approximate surface area is 118 Å². The normalized spacial score (nSPS) is 11.1. The summed E-state index contributed by atoms with van der Waals surface area (Å²) in [6.07, 6.45) is 5.01. The van der Waals surface area contributed by atoms with Crippen LogP contribution in [-0.4, -0.2) is 53.0 Å². The number of nitrogens with zero attached hydrogens (tertiary/aromatic N) is 3. The number of carboxylic acid groups (broad SMARTS) is 1. The van der Waals surface area contributed by atoms with Gasteiger partial charge in [0.2, 0.25) is 15.4 Å². The molecule has 1 heterocycles. The highest BCUT2D eigenvalue weighted by atomic mass is 32.2. The third-order valence-electron chi connectivity index (χ3n) is 1.83. The third-order valence-corrected chi connectivity index (χ3v) is 4.81. The molecule has 0 aliphatic rings. The van der Waals surface area contributed by atoms with E-state index in [-0.39, 0.29) is 5.13 Å². The van der Waals surface area contributed by atoms with Gasteiger partial charge in [-0.25, -0.2) is 8.42 Å². The van der Waals surface area contributed by atoms with Crippen molar-refractivity contribution in [1.29, 1.82) is 0 Å². The molecule has 0 atom stereocenters. The maximum Gasteiger partial charge on any atom is 0.318 e. The second-order valence-corrected chi connectivity index (χ2v) is 6.51. The van der Waals surface area contributed by atoms with Gasteiger partial charge in [0.25, 0.3) is 10.0 Å². The molecule has 0 aromatic carbocycles. The molecule has 1 amide bonds. The van der Waals surface area contributed by atoms with Crippen molar-refractivity contribution in [2.45, 2.75) is 11.3 Å². The van der Waals surface area contributed by atoms with Crippen molar-refractivity contribution in [3.05, 3.63) is 0 Å². The molecular formula is C9H10N4O5S2. The minimum atomic E-state index is -4.17. The molecule has 1 aromatic rings. The lowest BCUT2D eigenvalue weighted by molar-refractivity contribution is -0.137. The number of carbonyl (C=O) groups is 2. The van der Waals surface area contributed by atoms with Crippen molar-refractivity contribution in [1.82, 2.24) is 14.5 Å². The van der Waals surface area contributed by atoms with Crippen LogP contribution in [0.25, 0.3) is 0 Å². The second kappa shape index (κ2) is 6.42. The van der Waals surface area contributed by atoms with Crippen molar-refractivity contribution in [2.24, 2.45) is 0 Å². The van der Waals surface area contributed by atoms with E-state index in [0.29, 0.717) is 15.6 Å². The SMILES string of the molecule is C#CCN(CC(=O)O)S(=O)(=O)c1nnc(NC(C)=O)s1. The van der Waals surface area contributed by atoms with E-state index in [1.165, 1.54) is 6.92 Å². The lowest BCUT2D eigenvalue weighted by Crippen LogP contribution is -2.35. The minimum absolute atomic E-state index is 0.00735. The highest BCUT2D eigenvalue weighted by molar-refractivity contribution is 7.91. The van der Waals surface area contributed by atoms with Crippen molar-refractivity contribution in [2.75, 3.05) is 18.4 Å². The van der Waals surface area contributed by atoms with Crippen LogP contribution in [0.1, 0.15) is 6.92 Å². The quantitative estimate of drug-likeness (QED) is 0.519. The first-order valence-corrected chi connectivity index (χ1v) is 7.29. The average molecular weight is 318 g/mol. The summed E-state index contributed by atoms with van der Waals surface area (Å²) >= 11 is 0.604. The summed E-state index contributed by atoms with van der Waals surface area (Å²) in [7, 11) is -4.17. The Morgan fingerprint density at radius 2 is 2.15 bits per heavy atom. The fourth-order valence-electron chi connectivity index (χ4n) is 1.10. The number of hydrogen-bond acceptors (Lipinski definition) is 7. The van der Waals surface area contributed by atoms with Crippen molar-refractivity contribution in [3.8, 4) is 12.3 Å². The number of nitrogens with one attached hydrogen (secondary N) is 1. The van der Waals surface area contributed by atoms with Crippen LogP contribution in [0.3, 0.4) is 0 Å². The van der Waals surface area contributed by atoms with Gasteiger partial charge in [0.1, 0.15) is 6.54 Å². The lowest BCUT2D eigenvalue weighted by Gasteiger charge is -2.14. The minimum Gasteiger partial charge on any atom is -0.480 e. The Kier molecular flexibility index (Phi) is 5.14. The number of carboxylic acids is 1. The van der Waals surface area contributed by atoms with Gasteiger partial charge in [-0.3, -0.25) is 9.59 Å². The molecule has 0 saturated heterocycles. The summed E-state index contributed by atoms with van der Waals surface area (Å²) in [4.78, 5) is 21.5. The Morgan fingerprint density at radius 1 is 1.50 bits per heavy atom. The monoisotopic (exact) mass is 318 g/mol. The van der Waals surface area contributed by atoms with Gasteiger partial charge in [0.15, 0.2) is 0 Å². The standard InChI is InChI=1S/C9H10N4O5S2/c1-3-4-13(5-7(15)16)20(17,18)9-12-11-8(19-9)10-6(2)14/h1H,4-5H2,2H3,(H,15,16)(H,10,11,14). The van der Waals surface area contributed by atoms with Crippen molar-refractivity contribution >= 4 is 38.4 Å². The maximum atomic E-state index is 12.1. The van der Waals surface area contributed by atoms with Gasteiger partial charge in [-0.1, -0.05) is 17.3 Å². The van der Waals surface area contributed by atoms with Crippen LogP contribution in [0.5, 0.6) is 0 Å². The molecule has 0 aliphatic heterocycles. The molecule has 0 aliphatic carbocycles. The molecule has 0 spiro atoms. The van der Waals surface area contributed by atoms with E-state index in [1.807, 2.05) is 0 Å². The zero-order chi connectivity index (χ0) is 15.3. The molecule has 1 rings (SSSR count). The molecule has 0 unspecified atom stereocenters. The van der Waals surface area contributed by atoms with E-state index in [2.05, 4.69) is 21.4 Å². The number of sulfonamides is 1. The van der Waals surface area contributed by atoms with E-state index in [0.717, 1.165) is 0 Å². The van der Waals surface area contributed by atoms with Gasteiger partial charge >= 0.3 is 5.97 Å². The molecule has 0 radical (unpaired) electrons. The number of terminal acetylenes is 1. The molecule has 9 nitrogen and oxygen atoms in total. The zero-order valence-electron chi connectivity index (χ0n) is 10.2. The third kappa shape index (κ3) is 3.98. The van der Waals surface area contributed by atoms with E-state index in [1.54, 1.807) is 0 Å². The summed E-state index contributed by atoms with van der Waals surface area (Å²) in [5, 5.41) is 17.8. The van der Waals surface area contributed by atoms with E-state index in [9.17, 15) is 18.0 Å². The van der Waals surface area contributed by atoms with E-state index in [4.69, 9.17) is 11.5 Å². The fraction of sp³-hybridized carbons (Fsp3) is 0.333. The summed E-state index contributed by atoms with van der Waals surface area (Å²) < 4.78 is 24.4. The van der Waals surface area contributed by atoms with Gasteiger partial charge in [0, 0.05) is 6.92 Å². The molecule has 108 valence electrons. The van der Waals surface area contributed by atoms with Gasteiger partial charge in [-0.15, -0.1) is 16.6 Å². The first-order chi connectivity index (χ1) is 9.27. The van der Waals surface area contributed by atoms with Crippen molar-refractivity contribution < 1.29 is 23.1 Å². The number of anilines is 1. The fourth-order valence-corrected chi connectivity index (χ4v) is 3.49. The number of carbonyl (C=O) groups excluding carboxylic acids is 1. The Balaban J connectivity index is 3.07. The molecule has 1 aromatic heterocycles. The highest BCUT2D eigenvalue weighted by Gasteiger charge is 2.29. The number of aromatic nitrogens is 2. The van der Waals surface area contributed by atoms with Crippen LogP contribution in [0.4, 0.5) is 5.13 Å². The smallest absolute Gasteiger partial charge is 0.318 e. The molecule has 0 saturated carbocycles. The number of aliphatic carboxylic acids is 1. The first kappa shape index (κ1) is 16.0. The van der Waals surface area contributed by atoms with Gasteiger partial charge in [-0.05, 0) is 0 Å². The predicted octanol–water partition coefficient (Wildman–Crippen LogP) is -0.795. The number of amides is 1. The van der Waals surface area contributed by atoms with Crippen LogP contribution >= 0.6 is 11.3 Å². The molecule has 11 heteroatoms. The van der Waals surface area contributed by atoms with Crippen LogP contribution in [0.15, 0.2) is 4.34 Å². The molecule has 20 heavy (non-hydrogen) atoms. The summed E-state index contributed by atoms with van der Waals surface area (Å²) in [6.45, 7) is 0.0237. The van der Waals surface area contributed by atoms with Crippen molar-refractivity contribution in [3.63, 3.8) is 0 Å². The van der Waals surface area contributed by atoms with E-state index >= 15 is 0 Å². The predicted molar refractivity (Wildman–Crippen MR) is 69.4 cm³/mol. The summed E-state index contributed by atoms with van der Waals surface area (Å²) in [5.74, 6) is 0.273. The molecule has 0 fully saturated rings. The zero-order valence-corrected chi connectivity index (χ0v) is 11.9. The lowest BCUT2D eigenvalue weighted by atomic mass is 10.6. The largest absolute Gasteiger partial charge is 0.480 e. The second-order valence-electron chi connectivity index (χ2n) is 3.43. The van der Waals surface area contributed by atoms with E-state index < -0.39 is 39.3 Å². The summed E-state index contributed by atoms with van der Waals surface area (Å²) in [6, 6.07) is 0. The van der Waals surface area contributed by atoms with Gasteiger partial charge < -0.3 is 10.4 Å². The van der Waals surface area contributed by atoms with Crippen LogP contribution < -0.4 is 5.32 Å². The highest BCUT2D eigenvalue weighted by Crippen LogP contribution is 2.22.